The van der Waals surface area contributed by atoms with Gasteiger partial charge in [-0.05, 0) is 74.0 Å². The molecule has 19 heteroatoms. The fraction of sp³-hybridized carbons (Fsp3) is 0.250. The van der Waals surface area contributed by atoms with Crippen LogP contribution in [0.25, 0.3) is 0 Å². The molecule has 0 bridgehead atoms. The number of nitrogens with one attached hydrogen (secondary N) is 1. The molecule has 272 valence electrons. The lowest BCUT2D eigenvalue weighted by molar-refractivity contribution is -0.144. The largest absolute Gasteiger partial charge is 0.469 e. The van der Waals surface area contributed by atoms with E-state index in [0.717, 1.165) is 23.3 Å². The number of nitrogens with zero attached hydrogens (tertiary/aromatic N) is 3. The second-order valence-electron chi connectivity index (χ2n) is 9.18. The van der Waals surface area contributed by atoms with Gasteiger partial charge in [-0.1, -0.05) is 0 Å². The number of benzene rings is 2. The molecule has 0 unspecified atom stereocenters. The molecule has 14 nitrogen and oxygen atoms in total. The van der Waals surface area contributed by atoms with Gasteiger partial charge in [0.2, 0.25) is 11.1 Å². The van der Waals surface area contributed by atoms with E-state index in [4.69, 9.17) is 21.1 Å². The van der Waals surface area contributed by atoms with E-state index in [-0.39, 0.29) is 40.9 Å². The second kappa shape index (κ2) is 21.7. The normalized spacial score (nSPS) is 9.86. The Morgan fingerprint density at radius 2 is 1.24 bits per heavy atom. The molecule has 4 rings (SSSR count). The van der Waals surface area contributed by atoms with Gasteiger partial charge in [0.25, 0.3) is 0 Å². The van der Waals surface area contributed by atoms with Crippen molar-refractivity contribution >= 4 is 90.7 Å². The van der Waals surface area contributed by atoms with Crippen LogP contribution >= 0.6 is 34.3 Å². The number of thiazole rings is 2. The number of methoxy groups -OCH3 is 2. The number of carbonyl (C=O) groups excluding carboxylic acids is 6. The molecule has 2 aromatic heterocycles. The maximum atomic E-state index is 13.2. The number of carbonyl (C=O) groups is 6. The molecular weight excluding hydrogens is 738 g/mol. The van der Waals surface area contributed by atoms with Gasteiger partial charge >= 0.3 is 23.9 Å². The molecule has 2 heterocycles. The zero-order chi connectivity index (χ0) is 37.9. The van der Waals surface area contributed by atoms with Crippen molar-refractivity contribution in [2.45, 2.75) is 26.7 Å². The molecule has 0 radical (unpaired) electrons. The Morgan fingerprint density at radius 1 is 0.745 bits per heavy atom. The number of rotatable bonds is 12. The highest BCUT2D eigenvalue weighted by molar-refractivity contribution is 7.14. The fourth-order valence-electron chi connectivity index (χ4n) is 3.51. The average Bonchev–Trinajstić information content (AvgIpc) is 3.77. The van der Waals surface area contributed by atoms with Gasteiger partial charge in [-0.25, -0.2) is 28.3 Å². The first-order chi connectivity index (χ1) is 24.3. The van der Waals surface area contributed by atoms with Gasteiger partial charge in [-0.3, -0.25) is 24.1 Å². The topological polar surface area (TPSA) is 180 Å². The number of halogens is 3. The summed E-state index contributed by atoms with van der Waals surface area (Å²) >= 11 is 7.12. The van der Waals surface area contributed by atoms with Crippen molar-refractivity contribution in [3.63, 3.8) is 0 Å². The van der Waals surface area contributed by atoms with Crippen LogP contribution in [0, 0.1) is 11.6 Å². The van der Waals surface area contributed by atoms with Crippen LogP contribution in [-0.4, -0.2) is 72.4 Å². The minimum Gasteiger partial charge on any atom is -0.469 e. The maximum absolute atomic E-state index is 13.2. The first-order valence-electron chi connectivity index (χ1n) is 14.5. The lowest BCUT2D eigenvalue weighted by Crippen LogP contribution is -2.29. The summed E-state index contributed by atoms with van der Waals surface area (Å²) < 4.78 is 44.4. The van der Waals surface area contributed by atoms with Crippen LogP contribution in [0.15, 0.2) is 59.6 Å². The van der Waals surface area contributed by atoms with Gasteiger partial charge in [0.1, 0.15) is 34.5 Å². The summed E-state index contributed by atoms with van der Waals surface area (Å²) in [6.45, 7) is 3.82. The monoisotopic (exact) mass is 768 g/mol. The maximum Gasteiger partial charge on any atom is 0.360 e. The van der Waals surface area contributed by atoms with Crippen molar-refractivity contribution in [2.24, 2.45) is 0 Å². The van der Waals surface area contributed by atoms with Crippen LogP contribution in [0.2, 0.25) is 0 Å². The number of amides is 1. The van der Waals surface area contributed by atoms with Crippen LogP contribution in [0.5, 0.6) is 0 Å². The molecule has 0 spiro atoms. The molecule has 1 N–H and O–H groups in total. The quantitative estimate of drug-likeness (QED) is 0.0745. The van der Waals surface area contributed by atoms with Gasteiger partial charge in [0, 0.05) is 11.4 Å². The molecule has 0 fully saturated rings. The van der Waals surface area contributed by atoms with Crippen LogP contribution in [0.3, 0.4) is 0 Å². The number of ether oxygens (including phenoxy) is 4. The van der Waals surface area contributed by atoms with E-state index in [9.17, 15) is 37.5 Å². The summed E-state index contributed by atoms with van der Waals surface area (Å²) in [6.07, 6.45) is -0.897. The average molecular weight is 769 g/mol. The minimum absolute atomic E-state index is 0.0607. The Labute approximate surface area is 303 Å². The van der Waals surface area contributed by atoms with E-state index < -0.39 is 47.3 Å². The third kappa shape index (κ3) is 13.8. The second-order valence-corrected chi connectivity index (χ2v) is 11.3. The lowest BCUT2D eigenvalue weighted by Gasteiger charge is -2.21. The van der Waals surface area contributed by atoms with Crippen molar-refractivity contribution in [1.82, 2.24) is 9.97 Å². The standard InChI is InChI=1S/C16H15FN2O5S.C12H11FN2O2S.C4H5ClO3/c1-3-24-16(22)14-15(25-9-18-14)19(12(20)8-13(21)23-2)11-6-4-10(17)5-7-11;1-2-17-12(16)10-11(18-7-14-10)15-9-5-3-8(13)4-6-9;1-8-4(7)2-3(5)6/h4-7,9H,3,8H2,1-2H3;3-7,15H,2H2,1H3;2H2,1H3. The number of anilines is 4. The van der Waals surface area contributed by atoms with E-state index in [2.05, 4.69) is 24.8 Å². The first-order valence-corrected chi connectivity index (χ1v) is 16.6. The SMILES string of the molecule is CCOC(=O)c1ncsc1N(C(=O)CC(=O)OC)c1ccc(F)cc1.CCOC(=O)c1ncsc1Nc1ccc(F)cc1.COC(=O)CC(=O)Cl. The molecule has 0 aliphatic rings. The fourth-order valence-corrected chi connectivity index (χ4v) is 5.12. The van der Waals surface area contributed by atoms with Crippen molar-refractivity contribution in [3.05, 3.63) is 82.6 Å². The third-order valence-corrected chi connectivity index (χ3v) is 7.41. The molecule has 2 aromatic carbocycles. The van der Waals surface area contributed by atoms with Crippen molar-refractivity contribution in [1.29, 1.82) is 0 Å². The Balaban J connectivity index is 0.000000301. The molecule has 0 saturated heterocycles. The smallest absolute Gasteiger partial charge is 0.360 e. The van der Waals surface area contributed by atoms with Crippen molar-refractivity contribution in [3.8, 4) is 0 Å². The molecule has 51 heavy (non-hydrogen) atoms. The zero-order valence-corrected chi connectivity index (χ0v) is 29.9. The highest BCUT2D eigenvalue weighted by Gasteiger charge is 2.28. The van der Waals surface area contributed by atoms with Crippen molar-refractivity contribution < 1.29 is 56.5 Å². The van der Waals surface area contributed by atoms with Gasteiger partial charge in [-0.2, -0.15) is 0 Å². The van der Waals surface area contributed by atoms with E-state index in [1.807, 2.05) is 0 Å². The number of aromatic nitrogens is 2. The highest BCUT2D eigenvalue weighted by Crippen LogP contribution is 2.33. The molecule has 0 saturated carbocycles. The Morgan fingerprint density at radius 3 is 1.75 bits per heavy atom. The molecule has 0 atom stereocenters. The van der Waals surface area contributed by atoms with E-state index in [1.165, 1.54) is 60.4 Å². The number of hydrogen-bond acceptors (Lipinski definition) is 15. The van der Waals surface area contributed by atoms with E-state index in [0.29, 0.717) is 17.3 Å². The first kappa shape index (κ1) is 41.8. The predicted molar refractivity (Wildman–Crippen MR) is 183 cm³/mol. The molecule has 1 amide bonds. The zero-order valence-electron chi connectivity index (χ0n) is 27.5. The summed E-state index contributed by atoms with van der Waals surface area (Å²) in [5.41, 5.74) is 4.08. The van der Waals surface area contributed by atoms with Crippen LogP contribution < -0.4 is 10.2 Å². The summed E-state index contributed by atoms with van der Waals surface area (Å²) in [7, 11) is 2.36. The van der Waals surface area contributed by atoms with Gasteiger partial charge in [0.15, 0.2) is 11.4 Å². The molecule has 0 aliphatic carbocycles. The van der Waals surface area contributed by atoms with E-state index >= 15 is 0 Å². The van der Waals surface area contributed by atoms with Crippen molar-refractivity contribution in [2.75, 3.05) is 37.7 Å². The molecule has 0 aliphatic heterocycles. The van der Waals surface area contributed by atoms with E-state index in [1.54, 1.807) is 31.5 Å². The summed E-state index contributed by atoms with van der Waals surface area (Å²) in [6, 6.07) is 10.9. The Hall–Kier alpha value is -5.33. The summed E-state index contributed by atoms with van der Waals surface area (Å²) in [5, 5.41) is 3.07. The summed E-state index contributed by atoms with van der Waals surface area (Å²) in [4.78, 5) is 76.7. The molecular formula is C32H31ClF2N4O10S2. The number of hydrogen-bond donors (Lipinski definition) is 1. The highest BCUT2D eigenvalue weighted by atomic mass is 35.5. The summed E-state index contributed by atoms with van der Waals surface area (Å²) in [5.74, 6) is -3.95. The Kier molecular flexibility index (Phi) is 17.8. The third-order valence-electron chi connectivity index (χ3n) is 5.73. The van der Waals surface area contributed by atoms with Crippen LogP contribution in [-0.2, 0) is 38.1 Å². The van der Waals surface area contributed by atoms with Crippen LogP contribution in [0.4, 0.5) is 30.2 Å². The number of esters is 4. The van der Waals surface area contributed by atoms with Gasteiger partial charge in [-0.15, -0.1) is 22.7 Å². The lowest BCUT2D eigenvalue weighted by atomic mass is 10.2. The van der Waals surface area contributed by atoms with Crippen LogP contribution in [0.1, 0.15) is 47.7 Å². The van der Waals surface area contributed by atoms with Gasteiger partial charge in [0.05, 0.1) is 38.5 Å². The Bertz CT molecular complexity index is 1790. The predicted octanol–water partition coefficient (Wildman–Crippen LogP) is 6.20. The van der Waals surface area contributed by atoms with Gasteiger partial charge < -0.3 is 24.3 Å². The molecule has 4 aromatic rings. The minimum atomic E-state index is -0.737.